The number of nitrogens with two attached hydrogens (primary N) is 1. The molecule has 0 amide bonds. The van der Waals surface area contributed by atoms with E-state index in [2.05, 4.69) is 4.72 Å². The molecule has 0 saturated carbocycles. The summed E-state index contributed by atoms with van der Waals surface area (Å²) in [6, 6.07) is 3.57. The molecule has 0 spiro atoms. The van der Waals surface area contributed by atoms with E-state index in [0.29, 0.717) is 0 Å². The Morgan fingerprint density at radius 3 is 2.72 bits per heavy atom. The van der Waals surface area contributed by atoms with Crippen LogP contribution >= 0.6 is 0 Å². The monoisotopic (exact) mass is 274 g/mol. The fourth-order valence-electron chi connectivity index (χ4n) is 1.65. The van der Waals surface area contributed by atoms with E-state index in [9.17, 15) is 12.8 Å². The number of hydrogen-bond donors (Lipinski definition) is 2. The third kappa shape index (κ3) is 3.68. The highest BCUT2D eigenvalue weighted by molar-refractivity contribution is 7.89. The summed E-state index contributed by atoms with van der Waals surface area (Å²) in [6.07, 6.45) is 2.67. The van der Waals surface area contributed by atoms with Gasteiger partial charge in [0.2, 0.25) is 10.0 Å². The van der Waals surface area contributed by atoms with Crippen LogP contribution in [0.5, 0.6) is 0 Å². The lowest BCUT2D eigenvalue weighted by atomic mass is 10.2. The molecule has 0 aromatic heterocycles. The molecule has 1 unspecified atom stereocenters. The second kappa shape index (κ2) is 6.15. The van der Waals surface area contributed by atoms with Crippen LogP contribution in [0.25, 0.3) is 0 Å². The number of anilines is 1. The van der Waals surface area contributed by atoms with Gasteiger partial charge in [0.1, 0.15) is 10.7 Å². The van der Waals surface area contributed by atoms with Crippen molar-refractivity contribution in [3.05, 3.63) is 24.0 Å². The van der Waals surface area contributed by atoms with Crippen LogP contribution < -0.4 is 10.5 Å². The van der Waals surface area contributed by atoms with Crippen molar-refractivity contribution < 1.29 is 12.8 Å². The Bertz CT molecular complexity index is 503. The maximum Gasteiger partial charge on any atom is 0.242 e. The number of unbranched alkanes of at least 4 members (excludes halogenated alkanes) is 1. The van der Waals surface area contributed by atoms with Crippen molar-refractivity contribution in [3.63, 3.8) is 0 Å². The van der Waals surface area contributed by atoms with Gasteiger partial charge in [-0.2, -0.15) is 0 Å². The third-order valence-electron chi connectivity index (χ3n) is 2.65. The van der Waals surface area contributed by atoms with E-state index in [-0.39, 0.29) is 16.6 Å². The first kappa shape index (κ1) is 14.9. The van der Waals surface area contributed by atoms with E-state index in [4.69, 9.17) is 5.73 Å². The average Bonchev–Trinajstić information content (AvgIpc) is 2.29. The Labute approximate surface area is 107 Å². The van der Waals surface area contributed by atoms with Crippen LogP contribution in [0, 0.1) is 5.82 Å². The molecule has 1 atom stereocenters. The molecule has 1 rings (SSSR count). The van der Waals surface area contributed by atoms with Crippen molar-refractivity contribution in [2.24, 2.45) is 0 Å². The Hall–Kier alpha value is -1.14. The summed E-state index contributed by atoms with van der Waals surface area (Å²) in [7, 11) is -3.76. The van der Waals surface area contributed by atoms with Crippen LogP contribution in [0.2, 0.25) is 0 Å². The Kier molecular flexibility index (Phi) is 5.10. The van der Waals surface area contributed by atoms with Crippen LogP contribution in [0.3, 0.4) is 0 Å². The van der Waals surface area contributed by atoms with Gasteiger partial charge in [-0.05, 0) is 25.5 Å². The van der Waals surface area contributed by atoms with E-state index in [1.165, 1.54) is 12.1 Å². The minimum absolute atomic E-state index is 0.197. The van der Waals surface area contributed by atoms with E-state index in [0.717, 1.165) is 25.3 Å². The summed E-state index contributed by atoms with van der Waals surface area (Å²) in [5, 5.41) is 0. The zero-order chi connectivity index (χ0) is 13.8. The molecule has 1 aromatic carbocycles. The minimum atomic E-state index is -3.76. The topological polar surface area (TPSA) is 72.2 Å². The van der Waals surface area contributed by atoms with Crippen LogP contribution in [0.4, 0.5) is 10.1 Å². The molecule has 0 aliphatic heterocycles. The highest BCUT2D eigenvalue weighted by Crippen LogP contribution is 2.21. The normalized spacial score (nSPS) is 13.5. The third-order valence-corrected chi connectivity index (χ3v) is 4.30. The Balaban J connectivity index is 2.90. The van der Waals surface area contributed by atoms with Gasteiger partial charge in [0.15, 0.2) is 0 Å². The predicted octanol–water partition coefficient (Wildman–Crippen LogP) is 2.26. The summed E-state index contributed by atoms with van der Waals surface area (Å²) in [5.74, 6) is -0.723. The summed E-state index contributed by atoms with van der Waals surface area (Å²) < 4.78 is 39.8. The van der Waals surface area contributed by atoms with Gasteiger partial charge in [-0.25, -0.2) is 17.5 Å². The highest BCUT2D eigenvalue weighted by atomic mass is 32.2. The number of halogens is 1. The largest absolute Gasteiger partial charge is 0.395 e. The zero-order valence-corrected chi connectivity index (χ0v) is 11.4. The smallest absolute Gasteiger partial charge is 0.242 e. The Morgan fingerprint density at radius 1 is 1.44 bits per heavy atom. The maximum atomic E-state index is 13.2. The van der Waals surface area contributed by atoms with Crippen molar-refractivity contribution in [2.45, 2.75) is 44.0 Å². The number of sulfonamides is 1. The molecule has 0 aliphatic carbocycles. The van der Waals surface area contributed by atoms with E-state index < -0.39 is 15.8 Å². The first-order valence-corrected chi connectivity index (χ1v) is 7.43. The SMILES string of the molecule is CCCCC(C)NS(=O)(=O)c1cccc(F)c1N. The fourth-order valence-corrected chi connectivity index (χ4v) is 3.07. The summed E-state index contributed by atoms with van der Waals surface area (Å²) in [4.78, 5) is -0.203. The summed E-state index contributed by atoms with van der Waals surface area (Å²) in [5.41, 5.74) is 5.11. The number of para-hydroxylation sites is 1. The van der Waals surface area contributed by atoms with Crippen LogP contribution in [0.15, 0.2) is 23.1 Å². The molecule has 0 radical (unpaired) electrons. The number of nitrogen functional groups attached to an aromatic ring is 1. The number of hydrogen-bond acceptors (Lipinski definition) is 3. The van der Waals surface area contributed by atoms with Gasteiger partial charge in [-0.1, -0.05) is 25.8 Å². The van der Waals surface area contributed by atoms with Gasteiger partial charge in [-0.15, -0.1) is 0 Å². The minimum Gasteiger partial charge on any atom is -0.395 e. The zero-order valence-electron chi connectivity index (χ0n) is 10.6. The molecule has 0 heterocycles. The molecular formula is C12H19FN2O2S. The van der Waals surface area contributed by atoms with E-state index >= 15 is 0 Å². The highest BCUT2D eigenvalue weighted by Gasteiger charge is 2.21. The lowest BCUT2D eigenvalue weighted by molar-refractivity contribution is 0.533. The fraction of sp³-hybridized carbons (Fsp3) is 0.500. The van der Waals surface area contributed by atoms with Gasteiger partial charge in [0.25, 0.3) is 0 Å². The van der Waals surface area contributed by atoms with Crippen molar-refractivity contribution >= 4 is 15.7 Å². The second-order valence-corrected chi connectivity index (χ2v) is 6.00. The van der Waals surface area contributed by atoms with Gasteiger partial charge in [-0.3, -0.25) is 0 Å². The molecule has 0 bridgehead atoms. The molecule has 0 saturated heterocycles. The lowest BCUT2D eigenvalue weighted by Crippen LogP contribution is -2.33. The van der Waals surface area contributed by atoms with Crippen molar-refractivity contribution in [2.75, 3.05) is 5.73 Å². The molecule has 18 heavy (non-hydrogen) atoms. The molecular weight excluding hydrogens is 255 g/mol. The molecule has 6 heteroatoms. The van der Waals surface area contributed by atoms with Crippen LogP contribution in [-0.4, -0.2) is 14.5 Å². The molecule has 0 aliphatic rings. The first-order valence-electron chi connectivity index (χ1n) is 5.94. The molecule has 4 nitrogen and oxygen atoms in total. The maximum absolute atomic E-state index is 13.2. The average molecular weight is 274 g/mol. The van der Waals surface area contributed by atoms with E-state index in [1.807, 2.05) is 6.92 Å². The van der Waals surface area contributed by atoms with Gasteiger partial charge in [0, 0.05) is 6.04 Å². The quantitative estimate of drug-likeness (QED) is 0.782. The molecule has 3 N–H and O–H groups in total. The number of rotatable bonds is 6. The summed E-state index contributed by atoms with van der Waals surface area (Å²) >= 11 is 0. The molecule has 0 fully saturated rings. The van der Waals surface area contributed by atoms with Crippen LogP contribution in [0.1, 0.15) is 33.1 Å². The predicted molar refractivity (Wildman–Crippen MR) is 70.1 cm³/mol. The standard InChI is InChI=1S/C12H19FN2O2S/c1-3-4-6-9(2)15-18(16,17)11-8-5-7-10(13)12(11)14/h5,7-9,15H,3-4,6,14H2,1-2H3. The molecule has 102 valence electrons. The number of benzene rings is 1. The van der Waals surface area contributed by atoms with Crippen molar-refractivity contribution in [1.29, 1.82) is 0 Å². The van der Waals surface area contributed by atoms with Gasteiger partial charge >= 0.3 is 0 Å². The van der Waals surface area contributed by atoms with Crippen molar-refractivity contribution in [3.8, 4) is 0 Å². The van der Waals surface area contributed by atoms with Crippen LogP contribution in [-0.2, 0) is 10.0 Å². The van der Waals surface area contributed by atoms with Gasteiger partial charge in [0.05, 0.1) is 5.69 Å². The number of nitrogens with one attached hydrogen (secondary N) is 1. The summed E-state index contributed by atoms with van der Waals surface area (Å²) in [6.45, 7) is 3.81. The molecule has 1 aromatic rings. The van der Waals surface area contributed by atoms with E-state index in [1.54, 1.807) is 6.92 Å². The van der Waals surface area contributed by atoms with Crippen molar-refractivity contribution in [1.82, 2.24) is 4.72 Å². The first-order chi connectivity index (χ1) is 8.38. The van der Waals surface area contributed by atoms with Gasteiger partial charge < -0.3 is 5.73 Å². The second-order valence-electron chi connectivity index (χ2n) is 4.32. The Morgan fingerprint density at radius 2 is 2.11 bits per heavy atom. The lowest BCUT2D eigenvalue weighted by Gasteiger charge is -2.15.